The molecule has 2 aliphatic heterocycles. The van der Waals surface area contributed by atoms with Crippen molar-refractivity contribution in [2.24, 2.45) is 5.16 Å². The van der Waals surface area contributed by atoms with Gasteiger partial charge in [-0.25, -0.2) is 14.3 Å². The predicted molar refractivity (Wildman–Crippen MR) is 157 cm³/mol. The lowest BCUT2D eigenvalue weighted by Gasteiger charge is -2.49. The number of nitriles is 1. The number of nitrogen functional groups attached to an aromatic ring is 1. The van der Waals surface area contributed by atoms with Crippen LogP contribution in [0, 0.1) is 11.5 Å². The third-order valence-corrected chi connectivity index (χ3v) is 8.84. The number of aliphatic carboxylic acids is 1. The zero-order chi connectivity index (χ0) is 31.5. The number of nitrogens with one attached hydrogen (secondary N) is 3. The van der Waals surface area contributed by atoms with Gasteiger partial charge in [0.2, 0.25) is 0 Å². The van der Waals surface area contributed by atoms with Crippen LogP contribution < -0.4 is 20.9 Å². The van der Waals surface area contributed by atoms with Crippen LogP contribution in [0.3, 0.4) is 0 Å². The fraction of sp³-hybridized carbons (Fsp3) is 0.240. The molecule has 0 spiro atoms. The fourth-order valence-corrected chi connectivity index (χ4v) is 6.72. The van der Waals surface area contributed by atoms with Gasteiger partial charge in [0.25, 0.3) is 17.7 Å². The molecule has 6 N–H and O–H groups in total. The molecule has 5 heterocycles. The molecule has 3 aromatic rings. The molecule has 1 saturated heterocycles. The van der Waals surface area contributed by atoms with Crippen molar-refractivity contribution < 1.29 is 33.7 Å². The number of amides is 3. The summed E-state index contributed by atoms with van der Waals surface area (Å²) in [5.41, 5.74) is 7.05. The SMILES string of the molecule is CCO/N=C(\C(=O)N[C@@H]1C(=O)N2C(C(=O)O)=C(C[n+]3ccc(-c4cc(C(=O)NC#N)[nH]n4)cc3)CS[C@H]12)c1nc(N)sc1Cl. The van der Waals surface area contributed by atoms with Crippen molar-refractivity contribution in [1.29, 1.82) is 5.26 Å². The van der Waals surface area contributed by atoms with Gasteiger partial charge in [-0.1, -0.05) is 28.1 Å². The molecular formula is C25H22ClN10O6S2+. The number of anilines is 1. The quantitative estimate of drug-likeness (QED) is 0.0501. The summed E-state index contributed by atoms with van der Waals surface area (Å²) in [6, 6.07) is 3.93. The van der Waals surface area contributed by atoms with E-state index in [1.54, 1.807) is 42.2 Å². The lowest BCUT2D eigenvalue weighted by molar-refractivity contribution is -0.689. The Bertz CT molecular complexity index is 1760. The highest BCUT2D eigenvalue weighted by molar-refractivity contribution is 8.00. The summed E-state index contributed by atoms with van der Waals surface area (Å²) in [7, 11) is 0. The summed E-state index contributed by atoms with van der Waals surface area (Å²) in [4.78, 5) is 60.7. The number of H-pyrrole nitrogens is 1. The maximum absolute atomic E-state index is 13.2. The molecule has 2 aliphatic rings. The molecule has 3 amide bonds. The van der Waals surface area contributed by atoms with E-state index >= 15 is 0 Å². The van der Waals surface area contributed by atoms with E-state index in [0.29, 0.717) is 16.8 Å². The average Bonchev–Trinajstić information content (AvgIpc) is 3.62. The van der Waals surface area contributed by atoms with E-state index in [9.17, 15) is 24.3 Å². The van der Waals surface area contributed by atoms with Gasteiger partial charge in [-0.15, -0.1) is 11.8 Å². The van der Waals surface area contributed by atoms with Crippen molar-refractivity contribution in [1.82, 2.24) is 30.7 Å². The molecule has 0 saturated carbocycles. The molecule has 0 aliphatic carbocycles. The highest BCUT2D eigenvalue weighted by Crippen LogP contribution is 2.40. The van der Waals surface area contributed by atoms with E-state index in [2.05, 4.69) is 25.7 Å². The van der Waals surface area contributed by atoms with Gasteiger partial charge in [-0.2, -0.15) is 10.4 Å². The zero-order valence-corrected chi connectivity index (χ0v) is 25.0. The predicted octanol–water partition coefficient (Wildman–Crippen LogP) is 0.447. The first-order valence-corrected chi connectivity index (χ1v) is 14.9. The second-order valence-electron chi connectivity index (χ2n) is 9.14. The molecule has 2 atom stereocenters. The topological polar surface area (TPSA) is 233 Å². The van der Waals surface area contributed by atoms with Crippen molar-refractivity contribution >= 4 is 69.2 Å². The Morgan fingerprint density at radius 3 is 2.77 bits per heavy atom. The summed E-state index contributed by atoms with van der Waals surface area (Å²) < 4.78 is 1.86. The Kier molecular flexibility index (Phi) is 8.80. The number of aromatic nitrogens is 4. The number of carboxylic acid groups (broad SMARTS) is 1. The van der Waals surface area contributed by atoms with Crippen LogP contribution in [-0.4, -0.2) is 78.4 Å². The number of β-lactam (4-membered cyclic amide) rings is 1. The largest absolute Gasteiger partial charge is 0.477 e. The van der Waals surface area contributed by atoms with Crippen LogP contribution in [0.2, 0.25) is 4.34 Å². The number of thiazole rings is 1. The van der Waals surface area contributed by atoms with Gasteiger partial charge >= 0.3 is 5.97 Å². The minimum absolute atomic E-state index is 0.00807. The monoisotopic (exact) mass is 657 g/mol. The van der Waals surface area contributed by atoms with Gasteiger partial charge in [0.05, 0.1) is 5.69 Å². The summed E-state index contributed by atoms with van der Waals surface area (Å²) in [5.74, 6) is -2.98. The number of nitrogens with zero attached hydrogens (tertiary/aromatic N) is 6. The van der Waals surface area contributed by atoms with E-state index in [0.717, 1.165) is 16.2 Å². The van der Waals surface area contributed by atoms with Crippen LogP contribution in [0.25, 0.3) is 11.3 Å². The molecule has 0 aromatic carbocycles. The van der Waals surface area contributed by atoms with Crippen molar-refractivity contribution in [3.63, 3.8) is 0 Å². The maximum Gasteiger partial charge on any atom is 0.352 e. The van der Waals surface area contributed by atoms with Crippen LogP contribution in [0.4, 0.5) is 5.13 Å². The van der Waals surface area contributed by atoms with Crippen LogP contribution in [0.1, 0.15) is 23.1 Å². The van der Waals surface area contributed by atoms with E-state index in [1.807, 2.05) is 5.32 Å². The number of carboxylic acids is 1. The number of thioether (sulfide) groups is 1. The minimum Gasteiger partial charge on any atom is -0.477 e. The molecule has 0 bridgehead atoms. The second-order valence-corrected chi connectivity index (χ2v) is 11.9. The summed E-state index contributed by atoms with van der Waals surface area (Å²) in [6.45, 7) is 2.00. The van der Waals surface area contributed by atoms with Crippen molar-refractivity contribution in [2.45, 2.75) is 24.9 Å². The Morgan fingerprint density at radius 2 is 2.14 bits per heavy atom. The normalized spacial score (nSPS) is 17.8. The van der Waals surface area contributed by atoms with Crippen molar-refractivity contribution in [3.8, 4) is 17.5 Å². The standard InChI is InChI=1S/C25H21ClN10O6S2/c1-2-42-34-16(15-19(26)44-25(28)31-15)21(38)30-17-22(39)36-18(24(40)41)12(9-43-23(17)36)8-35-5-3-11(4-6-35)13-7-14(33-32-13)20(37)29-10-27/h3-7,17,23H,2,8-9H2,1H3,(H5,28,29,30,31,37,38,40,41)/p+1/b34-16-/t17-,23-/m1/s1. The van der Waals surface area contributed by atoms with E-state index < -0.39 is 35.1 Å². The Balaban J connectivity index is 1.30. The first-order chi connectivity index (χ1) is 21.1. The number of carbonyl (C=O) groups is 4. The molecule has 0 unspecified atom stereocenters. The van der Waals surface area contributed by atoms with Crippen molar-refractivity contribution in [2.75, 3.05) is 18.1 Å². The number of aromatic amines is 1. The van der Waals surface area contributed by atoms with E-state index in [4.69, 9.17) is 27.4 Å². The lowest BCUT2D eigenvalue weighted by Crippen LogP contribution is -2.71. The number of oxime groups is 1. The molecule has 1 fully saturated rings. The lowest BCUT2D eigenvalue weighted by atomic mass is 10.0. The molecular weight excluding hydrogens is 636 g/mol. The number of pyridine rings is 1. The molecule has 44 heavy (non-hydrogen) atoms. The Hall–Kier alpha value is -4.99. The number of carbonyl (C=O) groups excluding carboxylic acids is 3. The summed E-state index contributed by atoms with van der Waals surface area (Å²) in [5, 5.41) is 33.2. The molecule has 19 heteroatoms. The smallest absolute Gasteiger partial charge is 0.352 e. The highest BCUT2D eigenvalue weighted by atomic mass is 35.5. The molecule has 16 nitrogen and oxygen atoms in total. The second kappa shape index (κ2) is 12.7. The van der Waals surface area contributed by atoms with Gasteiger partial charge in [-0.05, 0) is 13.0 Å². The maximum atomic E-state index is 13.2. The van der Waals surface area contributed by atoms with Gasteiger partial charge in [0.1, 0.15) is 39.4 Å². The molecule has 3 aromatic heterocycles. The van der Waals surface area contributed by atoms with Crippen LogP contribution in [0.15, 0.2) is 47.0 Å². The van der Waals surface area contributed by atoms with E-state index in [1.165, 1.54) is 17.8 Å². The Morgan fingerprint density at radius 1 is 1.39 bits per heavy atom. The molecule has 0 radical (unpaired) electrons. The average molecular weight is 658 g/mol. The van der Waals surface area contributed by atoms with Gasteiger partial charge in [0, 0.05) is 29.0 Å². The number of hydrogen-bond acceptors (Lipinski definition) is 12. The van der Waals surface area contributed by atoms with Crippen LogP contribution in [0.5, 0.6) is 0 Å². The first-order valence-electron chi connectivity index (χ1n) is 12.7. The number of nitrogens with two attached hydrogens (primary N) is 1. The van der Waals surface area contributed by atoms with Crippen molar-refractivity contribution in [3.05, 3.63) is 57.6 Å². The first kappa shape index (κ1) is 30.5. The number of rotatable bonds is 10. The zero-order valence-electron chi connectivity index (χ0n) is 22.6. The molecule has 226 valence electrons. The fourth-order valence-electron chi connectivity index (χ4n) is 4.46. The summed E-state index contributed by atoms with van der Waals surface area (Å²) in [6.07, 6.45) is 4.97. The minimum atomic E-state index is -1.27. The van der Waals surface area contributed by atoms with E-state index in [-0.39, 0.29) is 51.2 Å². The third-order valence-electron chi connectivity index (χ3n) is 6.42. The van der Waals surface area contributed by atoms with Crippen LogP contribution in [-0.2, 0) is 25.8 Å². The van der Waals surface area contributed by atoms with Gasteiger partial charge in [-0.3, -0.25) is 29.7 Å². The summed E-state index contributed by atoms with van der Waals surface area (Å²) >= 11 is 8.42. The highest BCUT2D eigenvalue weighted by Gasteiger charge is 2.55. The number of halogens is 1. The number of fused-ring (bicyclic) bond motifs is 1. The number of hydrogen-bond donors (Lipinski definition) is 5. The third kappa shape index (κ3) is 5.92. The Labute approximate surface area is 261 Å². The van der Waals surface area contributed by atoms with Gasteiger partial charge < -0.3 is 21.0 Å². The van der Waals surface area contributed by atoms with Crippen LogP contribution >= 0.6 is 34.7 Å². The van der Waals surface area contributed by atoms with Gasteiger partial charge in [0.15, 0.2) is 36.0 Å². The molecule has 5 rings (SSSR count).